The van der Waals surface area contributed by atoms with Gasteiger partial charge in [0.1, 0.15) is 22.9 Å². The van der Waals surface area contributed by atoms with Crippen molar-refractivity contribution < 1.29 is 18.8 Å². The van der Waals surface area contributed by atoms with E-state index in [-0.39, 0.29) is 5.69 Å². The number of anilines is 1. The van der Waals surface area contributed by atoms with E-state index in [1.165, 1.54) is 24.3 Å². The summed E-state index contributed by atoms with van der Waals surface area (Å²) in [5.74, 6) is 1.22. The fourth-order valence-corrected chi connectivity index (χ4v) is 4.49. The summed E-state index contributed by atoms with van der Waals surface area (Å²) in [4.78, 5) is 21.2. The van der Waals surface area contributed by atoms with Crippen LogP contribution in [0.2, 0.25) is 0 Å². The molecule has 0 heterocycles. The van der Waals surface area contributed by atoms with Gasteiger partial charge in [-0.15, -0.1) is 9.81 Å². The minimum atomic E-state index is -3.37. The van der Waals surface area contributed by atoms with Crippen LogP contribution in [-0.4, -0.2) is 5.21 Å². The average Bonchev–Trinajstić information content (AvgIpc) is 2.75. The molecule has 0 fully saturated rings. The van der Waals surface area contributed by atoms with E-state index >= 15 is 0 Å². The number of rotatable bonds is 9. The molecule has 11 heteroatoms. The van der Waals surface area contributed by atoms with Crippen molar-refractivity contribution in [3.8, 4) is 11.5 Å². The Labute approximate surface area is 171 Å². The van der Waals surface area contributed by atoms with E-state index < -0.39 is 6.72 Å². The van der Waals surface area contributed by atoms with Gasteiger partial charge < -0.3 is 13.6 Å². The van der Waals surface area contributed by atoms with Gasteiger partial charge in [0, 0.05) is 24.6 Å². The van der Waals surface area contributed by atoms with Gasteiger partial charge in [-0.2, -0.15) is 0 Å². The molecule has 1 atom stereocenters. The molecule has 1 aliphatic rings. The van der Waals surface area contributed by atoms with Crippen LogP contribution in [0.15, 0.2) is 82.5 Å². The zero-order chi connectivity index (χ0) is 20.7. The van der Waals surface area contributed by atoms with E-state index in [1.807, 2.05) is 5.48 Å². The molecule has 3 rings (SSSR count). The Hall–Kier alpha value is -3.07. The summed E-state index contributed by atoms with van der Waals surface area (Å²) in [5, 5.41) is 14.7. The third-order valence-electron chi connectivity index (χ3n) is 3.80. The number of allylic oxidation sites excluding steroid dienone is 4. The first-order valence-corrected chi connectivity index (χ1v) is 10.9. The predicted octanol–water partition coefficient (Wildman–Crippen LogP) is 5.91. The summed E-state index contributed by atoms with van der Waals surface area (Å²) < 4.78 is 17.6. The van der Waals surface area contributed by atoms with Gasteiger partial charge >= 0.3 is 6.72 Å². The van der Waals surface area contributed by atoms with Crippen molar-refractivity contribution in [3.63, 3.8) is 0 Å². The second-order valence-electron chi connectivity index (χ2n) is 5.82. The lowest BCUT2D eigenvalue weighted by Gasteiger charge is -2.25. The predicted molar refractivity (Wildman–Crippen MR) is 112 cm³/mol. The maximum Gasteiger partial charge on any atom is 0.490 e. The van der Waals surface area contributed by atoms with Crippen molar-refractivity contribution in [1.82, 2.24) is 0 Å². The van der Waals surface area contributed by atoms with Gasteiger partial charge in [-0.3, -0.25) is 10.7 Å². The highest BCUT2D eigenvalue weighted by Crippen LogP contribution is 2.52. The molecule has 0 bridgehead atoms. The highest BCUT2D eigenvalue weighted by molar-refractivity contribution is 8.08. The van der Waals surface area contributed by atoms with E-state index in [2.05, 4.69) is 10.4 Å². The number of nitroso groups, excluding NO2 is 2. The van der Waals surface area contributed by atoms with Gasteiger partial charge in [0.25, 0.3) is 0 Å². The molecule has 0 aromatic heterocycles. The van der Waals surface area contributed by atoms with Crippen molar-refractivity contribution in [2.75, 3.05) is 5.48 Å². The highest BCUT2D eigenvalue weighted by Gasteiger charge is 2.28. The molecule has 150 valence electrons. The Bertz CT molecular complexity index is 992. The van der Waals surface area contributed by atoms with Crippen LogP contribution in [0, 0.1) is 9.81 Å². The first-order valence-electron chi connectivity index (χ1n) is 8.39. The zero-order valence-electron chi connectivity index (χ0n) is 14.9. The Balaban J connectivity index is 1.85. The van der Waals surface area contributed by atoms with Crippen LogP contribution in [-0.2, 0) is 16.3 Å². The quantitative estimate of drug-likeness (QED) is 0.284. The first-order chi connectivity index (χ1) is 14.0. The SMILES string of the molecule is O=NC1=CC=C(OP(=S)(Oc2ccc(N=O)cc2)Oc2ccc(NO)cc2)CC1. The zero-order valence-corrected chi connectivity index (χ0v) is 16.6. The molecule has 2 aromatic carbocycles. The van der Waals surface area contributed by atoms with Gasteiger partial charge in [0.2, 0.25) is 0 Å². The number of nitrogens with one attached hydrogen (secondary N) is 1. The van der Waals surface area contributed by atoms with Gasteiger partial charge in [-0.25, -0.2) is 0 Å². The van der Waals surface area contributed by atoms with Crippen molar-refractivity contribution in [2.24, 2.45) is 10.4 Å². The molecule has 0 radical (unpaired) electrons. The van der Waals surface area contributed by atoms with E-state index in [0.29, 0.717) is 41.5 Å². The van der Waals surface area contributed by atoms with Crippen LogP contribution in [0.1, 0.15) is 12.8 Å². The van der Waals surface area contributed by atoms with E-state index in [9.17, 15) is 9.81 Å². The molecule has 0 saturated carbocycles. The second-order valence-corrected chi connectivity index (χ2v) is 8.61. The number of benzene rings is 2. The minimum absolute atomic E-state index is 0.244. The van der Waals surface area contributed by atoms with Crippen LogP contribution >= 0.6 is 6.72 Å². The lowest BCUT2D eigenvalue weighted by molar-refractivity contribution is 0.316. The minimum Gasteiger partial charge on any atom is -0.412 e. The lowest BCUT2D eigenvalue weighted by Crippen LogP contribution is -2.06. The van der Waals surface area contributed by atoms with Crippen molar-refractivity contribution in [2.45, 2.75) is 12.8 Å². The maximum atomic E-state index is 10.6. The monoisotopic (exact) mass is 433 g/mol. The van der Waals surface area contributed by atoms with Gasteiger partial charge in [-0.1, -0.05) is 0 Å². The van der Waals surface area contributed by atoms with Crippen molar-refractivity contribution in [3.05, 3.63) is 82.0 Å². The molecule has 9 nitrogen and oxygen atoms in total. The summed E-state index contributed by atoms with van der Waals surface area (Å²) >= 11 is 5.57. The van der Waals surface area contributed by atoms with Crippen LogP contribution in [0.25, 0.3) is 0 Å². The van der Waals surface area contributed by atoms with E-state index in [1.54, 1.807) is 36.4 Å². The van der Waals surface area contributed by atoms with Crippen molar-refractivity contribution in [1.29, 1.82) is 0 Å². The molecule has 0 amide bonds. The fraction of sp³-hybridized carbons (Fsp3) is 0.111. The van der Waals surface area contributed by atoms with Crippen LogP contribution in [0.3, 0.4) is 0 Å². The first kappa shape index (κ1) is 20.7. The molecule has 0 spiro atoms. The summed E-state index contributed by atoms with van der Waals surface area (Å²) in [6.45, 7) is -3.37. The number of nitrogens with zero attached hydrogens (tertiary/aromatic N) is 2. The molecule has 2 N–H and O–H groups in total. The Morgan fingerprint density at radius 1 is 0.862 bits per heavy atom. The summed E-state index contributed by atoms with van der Waals surface area (Å²) in [5.41, 5.74) is 3.15. The largest absolute Gasteiger partial charge is 0.490 e. The molecule has 29 heavy (non-hydrogen) atoms. The molecule has 1 unspecified atom stereocenters. The maximum absolute atomic E-state index is 10.6. The molecular formula is C18H16N3O6PS. The third kappa shape index (κ3) is 5.71. The highest BCUT2D eigenvalue weighted by atomic mass is 32.5. The van der Waals surface area contributed by atoms with Gasteiger partial charge in [0.15, 0.2) is 0 Å². The molecule has 0 saturated heterocycles. The summed E-state index contributed by atoms with van der Waals surface area (Å²) in [6.07, 6.45) is 4.00. The topological polar surface area (TPSA) is 119 Å². The van der Waals surface area contributed by atoms with E-state index in [0.717, 1.165) is 0 Å². The summed E-state index contributed by atoms with van der Waals surface area (Å²) in [7, 11) is 0. The molecule has 2 aromatic rings. The smallest absolute Gasteiger partial charge is 0.412 e. The van der Waals surface area contributed by atoms with Crippen LogP contribution in [0.5, 0.6) is 11.5 Å². The average molecular weight is 433 g/mol. The fourth-order valence-electron chi connectivity index (χ4n) is 2.38. The number of hydrogen-bond donors (Lipinski definition) is 2. The normalized spacial score (nSPS) is 15.2. The van der Waals surface area contributed by atoms with E-state index in [4.69, 9.17) is 30.6 Å². The molecule has 0 aliphatic heterocycles. The summed E-state index contributed by atoms with van der Waals surface area (Å²) in [6, 6.07) is 12.4. The molecular weight excluding hydrogens is 417 g/mol. The Kier molecular flexibility index (Phi) is 6.71. The third-order valence-corrected chi connectivity index (χ3v) is 5.79. The van der Waals surface area contributed by atoms with Crippen LogP contribution < -0.4 is 14.5 Å². The Morgan fingerprint density at radius 3 is 1.97 bits per heavy atom. The Morgan fingerprint density at radius 2 is 1.48 bits per heavy atom. The van der Waals surface area contributed by atoms with Crippen LogP contribution in [0.4, 0.5) is 11.4 Å². The second kappa shape index (κ2) is 9.42. The molecule has 1 aliphatic carbocycles. The number of hydrogen-bond acceptors (Lipinski definition) is 10. The van der Waals surface area contributed by atoms with Gasteiger partial charge in [-0.05, 0) is 71.0 Å². The lowest BCUT2D eigenvalue weighted by atomic mass is 10.1. The van der Waals surface area contributed by atoms with Gasteiger partial charge in [0.05, 0.1) is 11.4 Å². The van der Waals surface area contributed by atoms with Crippen molar-refractivity contribution >= 4 is 29.9 Å². The standard InChI is InChI=1S/C18H16N3O6PS/c22-19-13-1-7-16(8-2-13)25-28(29,26-17-9-3-14(20-23)4-10-17)27-18-11-5-15(21-24)6-12-18/h1-5,7-11,19,22H,6,12H2.